The predicted molar refractivity (Wildman–Crippen MR) is 89.5 cm³/mol. The van der Waals surface area contributed by atoms with Gasteiger partial charge in [-0.2, -0.15) is 0 Å². The van der Waals surface area contributed by atoms with E-state index in [4.69, 9.17) is 20.4 Å². The monoisotopic (exact) mass is 320 g/mol. The van der Waals surface area contributed by atoms with Gasteiger partial charge in [0.2, 0.25) is 5.89 Å². The molecule has 0 bridgehead atoms. The summed E-state index contributed by atoms with van der Waals surface area (Å²) in [6, 6.07) is 13.1. The van der Waals surface area contributed by atoms with Crippen LogP contribution in [0, 0.1) is 0 Å². The summed E-state index contributed by atoms with van der Waals surface area (Å²) in [7, 11) is 0. The molecule has 0 saturated heterocycles. The fraction of sp³-hybridized carbons (Fsp3) is 0. The molecule has 0 amide bonds. The minimum Gasteiger partial charge on any atom is -0.456 e. The maximum atomic E-state index is 6.13. The minimum absolute atomic E-state index is 0.561. The van der Waals surface area contributed by atoms with Gasteiger partial charge in [-0.3, -0.25) is 4.98 Å². The number of fused-ring (bicyclic) bond motifs is 5. The Morgan fingerprint density at radius 1 is 0.870 bits per heavy atom. The third-order valence-corrected chi connectivity index (χ3v) is 4.11. The molecule has 0 aliphatic carbocycles. The molecule has 0 atom stereocenters. The van der Waals surface area contributed by atoms with Gasteiger partial charge in [0.15, 0.2) is 5.58 Å². The van der Waals surface area contributed by atoms with Gasteiger partial charge in [-0.05, 0) is 42.5 Å². The van der Waals surface area contributed by atoms with Crippen molar-refractivity contribution >= 4 is 44.6 Å². The molecule has 4 nitrogen and oxygen atoms in total. The summed E-state index contributed by atoms with van der Waals surface area (Å²) in [6.45, 7) is 0. The number of furan rings is 1. The number of oxazole rings is 1. The fourth-order valence-electron chi connectivity index (χ4n) is 2.84. The van der Waals surface area contributed by atoms with Crippen molar-refractivity contribution in [2.24, 2.45) is 0 Å². The van der Waals surface area contributed by atoms with Crippen LogP contribution in [0.25, 0.3) is 44.5 Å². The Morgan fingerprint density at radius 2 is 1.70 bits per heavy atom. The molecule has 0 N–H and O–H groups in total. The lowest BCUT2D eigenvalue weighted by Crippen LogP contribution is -1.76. The van der Waals surface area contributed by atoms with Gasteiger partial charge in [-0.15, -0.1) is 0 Å². The molecule has 3 heterocycles. The molecular weight excluding hydrogens is 312 g/mol. The van der Waals surface area contributed by atoms with Crippen LogP contribution in [0.2, 0.25) is 5.02 Å². The second-order valence-electron chi connectivity index (χ2n) is 5.28. The molecule has 0 saturated carbocycles. The molecule has 0 fully saturated rings. The van der Waals surface area contributed by atoms with Crippen molar-refractivity contribution in [3.05, 3.63) is 59.9 Å². The van der Waals surface area contributed by atoms with Crippen LogP contribution >= 0.6 is 11.6 Å². The summed E-state index contributed by atoms with van der Waals surface area (Å²) in [5, 5.41) is 2.48. The summed E-state index contributed by atoms with van der Waals surface area (Å²) in [5.41, 5.74) is 3.91. The molecule has 0 unspecified atom stereocenters. The zero-order valence-electron chi connectivity index (χ0n) is 11.8. The lowest BCUT2D eigenvalue weighted by molar-refractivity contribution is 0.622. The van der Waals surface area contributed by atoms with Gasteiger partial charge in [0, 0.05) is 28.4 Å². The number of halogens is 1. The van der Waals surface area contributed by atoms with E-state index in [1.165, 1.54) is 0 Å². The standard InChI is InChI=1S/C18H9ClN2O2/c19-11-1-3-14-12(9-11)16-15(22-14)4-2-13-17(16)23-18(21-13)10-5-7-20-8-6-10/h1-9H. The first-order valence-corrected chi connectivity index (χ1v) is 7.49. The molecule has 2 aromatic carbocycles. The van der Waals surface area contributed by atoms with Crippen LogP contribution in [0.3, 0.4) is 0 Å². The smallest absolute Gasteiger partial charge is 0.227 e. The Bertz CT molecular complexity index is 1180. The van der Waals surface area contributed by atoms with Gasteiger partial charge in [0.1, 0.15) is 16.7 Å². The number of pyridine rings is 1. The number of hydrogen-bond acceptors (Lipinski definition) is 4. The zero-order chi connectivity index (χ0) is 15.4. The van der Waals surface area contributed by atoms with Crippen molar-refractivity contribution in [1.29, 1.82) is 0 Å². The van der Waals surface area contributed by atoms with Crippen molar-refractivity contribution in [3.63, 3.8) is 0 Å². The molecule has 110 valence electrons. The second-order valence-corrected chi connectivity index (χ2v) is 5.72. The number of rotatable bonds is 1. The van der Waals surface area contributed by atoms with Gasteiger partial charge in [-0.1, -0.05) is 11.6 Å². The highest BCUT2D eigenvalue weighted by atomic mass is 35.5. The van der Waals surface area contributed by atoms with Gasteiger partial charge in [0.25, 0.3) is 0 Å². The maximum absolute atomic E-state index is 6.13. The van der Waals surface area contributed by atoms with Gasteiger partial charge in [0.05, 0.1) is 5.39 Å². The SMILES string of the molecule is Clc1ccc2oc3ccc4nc(-c5ccncc5)oc4c3c2c1. The highest BCUT2D eigenvalue weighted by Crippen LogP contribution is 2.37. The lowest BCUT2D eigenvalue weighted by Gasteiger charge is -1.93. The highest BCUT2D eigenvalue weighted by Gasteiger charge is 2.16. The van der Waals surface area contributed by atoms with Crippen LogP contribution < -0.4 is 0 Å². The van der Waals surface area contributed by atoms with E-state index in [1.807, 2.05) is 42.5 Å². The van der Waals surface area contributed by atoms with Crippen molar-refractivity contribution in [1.82, 2.24) is 9.97 Å². The van der Waals surface area contributed by atoms with Crippen LogP contribution in [0.5, 0.6) is 0 Å². The average molecular weight is 321 g/mol. The van der Waals surface area contributed by atoms with Crippen molar-refractivity contribution in [2.45, 2.75) is 0 Å². The van der Waals surface area contributed by atoms with Crippen molar-refractivity contribution in [3.8, 4) is 11.5 Å². The van der Waals surface area contributed by atoms with E-state index in [2.05, 4.69) is 9.97 Å². The summed E-state index contributed by atoms with van der Waals surface area (Å²) in [5.74, 6) is 0.561. The Balaban J connectivity index is 1.90. The Hall–Kier alpha value is -2.85. The van der Waals surface area contributed by atoms with E-state index in [1.54, 1.807) is 12.4 Å². The number of aromatic nitrogens is 2. The molecule has 0 radical (unpaired) electrons. The van der Waals surface area contributed by atoms with Crippen LogP contribution in [0.15, 0.2) is 63.7 Å². The van der Waals surface area contributed by atoms with E-state index in [0.717, 1.165) is 33.0 Å². The molecule has 5 aromatic rings. The fourth-order valence-corrected chi connectivity index (χ4v) is 3.01. The molecule has 23 heavy (non-hydrogen) atoms. The van der Waals surface area contributed by atoms with Crippen LogP contribution in [-0.2, 0) is 0 Å². The third-order valence-electron chi connectivity index (χ3n) is 3.88. The van der Waals surface area contributed by atoms with Gasteiger partial charge in [-0.25, -0.2) is 4.98 Å². The van der Waals surface area contributed by atoms with Crippen molar-refractivity contribution in [2.75, 3.05) is 0 Å². The van der Waals surface area contributed by atoms with E-state index in [0.29, 0.717) is 16.5 Å². The Morgan fingerprint density at radius 3 is 2.57 bits per heavy atom. The van der Waals surface area contributed by atoms with Crippen molar-refractivity contribution < 1.29 is 8.83 Å². The lowest BCUT2D eigenvalue weighted by atomic mass is 10.1. The first-order valence-electron chi connectivity index (χ1n) is 7.11. The second kappa shape index (κ2) is 4.57. The van der Waals surface area contributed by atoms with Crippen LogP contribution in [0.4, 0.5) is 0 Å². The molecule has 0 aliphatic rings. The first kappa shape index (κ1) is 12.7. The topological polar surface area (TPSA) is 52.1 Å². The molecule has 3 aromatic heterocycles. The largest absolute Gasteiger partial charge is 0.456 e. The zero-order valence-corrected chi connectivity index (χ0v) is 12.5. The summed E-state index contributed by atoms with van der Waals surface area (Å²) >= 11 is 6.13. The van der Waals surface area contributed by atoms with E-state index in [-0.39, 0.29) is 0 Å². The van der Waals surface area contributed by atoms with Gasteiger partial charge >= 0.3 is 0 Å². The summed E-state index contributed by atoms with van der Waals surface area (Å²) in [6.07, 6.45) is 3.43. The number of benzene rings is 2. The maximum Gasteiger partial charge on any atom is 0.227 e. The predicted octanol–water partition coefficient (Wildman–Crippen LogP) is 5.44. The highest BCUT2D eigenvalue weighted by molar-refractivity contribution is 6.32. The van der Waals surface area contributed by atoms with Crippen LogP contribution in [0.1, 0.15) is 0 Å². The Kier molecular flexibility index (Phi) is 2.52. The summed E-state index contributed by atoms with van der Waals surface area (Å²) < 4.78 is 11.9. The molecular formula is C18H9ClN2O2. The summed E-state index contributed by atoms with van der Waals surface area (Å²) in [4.78, 5) is 8.59. The first-order chi connectivity index (χ1) is 11.3. The van der Waals surface area contributed by atoms with E-state index in [9.17, 15) is 0 Å². The Labute approximate surface area is 135 Å². The third kappa shape index (κ3) is 1.85. The molecule has 5 heteroatoms. The normalized spacial score (nSPS) is 11.7. The van der Waals surface area contributed by atoms with Crippen LogP contribution in [-0.4, -0.2) is 9.97 Å². The number of hydrogen-bond donors (Lipinski definition) is 0. The van der Waals surface area contributed by atoms with Gasteiger partial charge < -0.3 is 8.83 Å². The quantitative estimate of drug-likeness (QED) is 0.412. The molecule has 0 spiro atoms. The van der Waals surface area contributed by atoms with E-state index >= 15 is 0 Å². The minimum atomic E-state index is 0.561. The molecule has 5 rings (SSSR count). The number of nitrogens with zero attached hydrogens (tertiary/aromatic N) is 2. The average Bonchev–Trinajstić information content (AvgIpc) is 3.16. The van der Waals surface area contributed by atoms with E-state index < -0.39 is 0 Å². The molecule has 0 aliphatic heterocycles.